The van der Waals surface area contributed by atoms with Crippen molar-refractivity contribution in [1.82, 2.24) is 9.80 Å². The van der Waals surface area contributed by atoms with Gasteiger partial charge in [0.05, 0.1) is 12.4 Å². The summed E-state index contributed by atoms with van der Waals surface area (Å²) in [5.74, 6) is 0. The molecule has 0 aliphatic carbocycles. The van der Waals surface area contributed by atoms with Gasteiger partial charge in [-0.1, -0.05) is 50.0 Å². The standard InChI is InChI=1S/C15H23N2OSi/c1-15(18,19(3,4)5)17-11-14(16(2)12-17)13-9-7-6-8-10-13/h6-11,18H,1,12H2,2-5H3. The first-order chi connectivity index (χ1) is 8.73. The molecule has 1 heterocycles. The molecule has 1 aliphatic heterocycles. The summed E-state index contributed by atoms with van der Waals surface area (Å²) in [6.45, 7) is 11.1. The molecule has 0 amide bonds. The normalized spacial score (nSPS) is 19.4. The highest BCUT2D eigenvalue weighted by Crippen LogP contribution is 2.32. The van der Waals surface area contributed by atoms with E-state index in [4.69, 9.17) is 0 Å². The molecule has 103 valence electrons. The molecule has 4 heteroatoms. The maximum absolute atomic E-state index is 10.7. The smallest absolute Gasteiger partial charge is 0.123 e. The van der Waals surface area contributed by atoms with E-state index in [1.165, 1.54) is 5.56 Å². The Hall–Kier alpha value is -1.26. The largest absolute Gasteiger partial charge is 0.374 e. The van der Waals surface area contributed by atoms with E-state index in [9.17, 15) is 5.11 Å². The van der Waals surface area contributed by atoms with Crippen LogP contribution in [-0.4, -0.2) is 42.0 Å². The molecule has 3 nitrogen and oxygen atoms in total. The maximum Gasteiger partial charge on any atom is 0.123 e. The zero-order chi connectivity index (χ0) is 14.3. The van der Waals surface area contributed by atoms with E-state index >= 15 is 0 Å². The third kappa shape index (κ3) is 2.55. The van der Waals surface area contributed by atoms with E-state index in [1.807, 2.05) is 36.3 Å². The fourth-order valence-corrected chi connectivity index (χ4v) is 3.15. The number of benzene rings is 1. The van der Waals surface area contributed by atoms with Crippen LogP contribution < -0.4 is 0 Å². The highest BCUT2D eigenvalue weighted by Gasteiger charge is 2.43. The van der Waals surface area contributed by atoms with Gasteiger partial charge in [-0.15, -0.1) is 0 Å². The van der Waals surface area contributed by atoms with Crippen LogP contribution in [0.25, 0.3) is 5.70 Å². The van der Waals surface area contributed by atoms with Crippen LogP contribution in [0.4, 0.5) is 0 Å². The van der Waals surface area contributed by atoms with Crippen molar-refractivity contribution < 1.29 is 5.11 Å². The second-order valence-electron chi connectivity index (χ2n) is 6.26. The topological polar surface area (TPSA) is 26.7 Å². The Labute approximate surface area is 117 Å². The zero-order valence-electron chi connectivity index (χ0n) is 12.2. The van der Waals surface area contributed by atoms with Crippen LogP contribution in [0, 0.1) is 6.92 Å². The van der Waals surface area contributed by atoms with E-state index in [1.54, 1.807) is 0 Å². The molecule has 0 saturated heterocycles. The van der Waals surface area contributed by atoms with Gasteiger partial charge < -0.3 is 14.9 Å². The van der Waals surface area contributed by atoms with Gasteiger partial charge >= 0.3 is 0 Å². The molecule has 0 bridgehead atoms. The summed E-state index contributed by atoms with van der Waals surface area (Å²) in [5, 5.41) is 9.75. The highest BCUT2D eigenvalue weighted by atomic mass is 28.3. The molecule has 1 radical (unpaired) electrons. The third-order valence-electron chi connectivity index (χ3n) is 3.80. The van der Waals surface area contributed by atoms with Crippen molar-refractivity contribution in [3.63, 3.8) is 0 Å². The molecule has 19 heavy (non-hydrogen) atoms. The SMILES string of the molecule is [CH2]C(O)(N1C=C(c2ccccc2)N(C)C1)[Si](C)(C)C. The van der Waals surface area contributed by atoms with E-state index < -0.39 is 13.4 Å². The average Bonchev–Trinajstić information content (AvgIpc) is 2.71. The van der Waals surface area contributed by atoms with Gasteiger partial charge in [0.25, 0.3) is 0 Å². The lowest BCUT2D eigenvalue weighted by Crippen LogP contribution is -2.60. The van der Waals surface area contributed by atoms with Crippen molar-refractivity contribution in [2.24, 2.45) is 0 Å². The number of rotatable bonds is 3. The molecular weight excluding hydrogens is 252 g/mol. The van der Waals surface area contributed by atoms with Crippen molar-refractivity contribution in [2.45, 2.75) is 25.0 Å². The quantitative estimate of drug-likeness (QED) is 0.859. The highest BCUT2D eigenvalue weighted by molar-refractivity contribution is 6.79. The Morgan fingerprint density at radius 3 is 2.32 bits per heavy atom. The minimum Gasteiger partial charge on any atom is -0.374 e. The first-order valence-corrected chi connectivity index (χ1v) is 10.1. The summed E-state index contributed by atoms with van der Waals surface area (Å²) in [6.07, 6.45) is 2.03. The van der Waals surface area contributed by atoms with Gasteiger partial charge in [-0.3, -0.25) is 0 Å². The van der Waals surface area contributed by atoms with E-state index in [2.05, 4.69) is 43.6 Å². The summed E-state index contributed by atoms with van der Waals surface area (Å²) in [5.41, 5.74) is 2.29. The Kier molecular flexibility index (Phi) is 3.49. The minimum atomic E-state index is -1.81. The van der Waals surface area contributed by atoms with Gasteiger partial charge in [0.1, 0.15) is 13.4 Å². The maximum atomic E-state index is 10.7. The number of nitrogens with zero attached hydrogens (tertiary/aromatic N) is 2. The van der Waals surface area contributed by atoms with E-state index in [0.29, 0.717) is 6.67 Å². The van der Waals surface area contributed by atoms with Gasteiger partial charge in [0.2, 0.25) is 0 Å². The van der Waals surface area contributed by atoms with Crippen LogP contribution in [-0.2, 0) is 0 Å². The Morgan fingerprint density at radius 2 is 1.79 bits per heavy atom. The zero-order valence-corrected chi connectivity index (χ0v) is 13.2. The molecule has 1 aromatic carbocycles. The van der Waals surface area contributed by atoms with Gasteiger partial charge in [-0.05, 0) is 12.5 Å². The number of hydrogen-bond donors (Lipinski definition) is 1. The molecule has 2 rings (SSSR count). The lowest BCUT2D eigenvalue weighted by Gasteiger charge is -2.43. The van der Waals surface area contributed by atoms with Gasteiger partial charge in [-0.2, -0.15) is 0 Å². The van der Waals surface area contributed by atoms with Crippen molar-refractivity contribution in [3.8, 4) is 0 Å². The molecular formula is C15H23N2OSi. The van der Waals surface area contributed by atoms with Crippen LogP contribution in [0.15, 0.2) is 36.5 Å². The molecule has 0 aromatic heterocycles. The van der Waals surface area contributed by atoms with Crippen LogP contribution in [0.3, 0.4) is 0 Å². The van der Waals surface area contributed by atoms with Gasteiger partial charge in [0, 0.05) is 13.2 Å². The second kappa shape index (κ2) is 4.69. The van der Waals surface area contributed by atoms with Gasteiger partial charge in [-0.25, -0.2) is 0 Å². The van der Waals surface area contributed by atoms with Crippen molar-refractivity contribution in [1.29, 1.82) is 0 Å². The fraction of sp³-hybridized carbons (Fsp3) is 0.400. The lowest BCUT2D eigenvalue weighted by atomic mass is 10.1. The molecule has 1 N–H and O–H groups in total. The summed E-state index contributed by atoms with van der Waals surface area (Å²) < 4.78 is 0. The van der Waals surface area contributed by atoms with Crippen molar-refractivity contribution in [2.75, 3.05) is 13.7 Å². The molecule has 1 unspecified atom stereocenters. The van der Waals surface area contributed by atoms with Crippen LogP contribution in [0.2, 0.25) is 19.6 Å². The number of aliphatic hydroxyl groups is 1. The summed E-state index contributed by atoms with van der Waals surface area (Å²) in [6, 6.07) is 10.2. The molecule has 0 saturated carbocycles. The molecule has 1 aliphatic rings. The second-order valence-corrected chi connectivity index (χ2v) is 11.6. The van der Waals surface area contributed by atoms with Crippen molar-refractivity contribution >= 4 is 13.8 Å². The fourth-order valence-electron chi connectivity index (χ4n) is 2.15. The predicted molar refractivity (Wildman–Crippen MR) is 82.5 cm³/mol. The van der Waals surface area contributed by atoms with Gasteiger partial charge in [0.15, 0.2) is 0 Å². The Balaban J connectivity index is 2.32. The molecule has 1 aromatic rings. The first kappa shape index (κ1) is 14.2. The summed E-state index contributed by atoms with van der Waals surface area (Å²) in [7, 11) is 0.230. The predicted octanol–water partition coefficient (Wildman–Crippen LogP) is 2.59. The lowest BCUT2D eigenvalue weighted by molar-refractivity contribution is 0.0151. The third-order valence-corrected chi connectivity index (χ3v) is 6.49. The average molecular weight is 275 g/mol. The van der Waals surface area contributed by atoms with Crippen LogP contribution >= 0.6 is 0 Å². The van der Waals surface area contributed by atoms with E-state index in [-0.39, 0.29) is 0 Å². The van der Waals surface area contributed by atoms with Crippen LogP contribution in [0.5, 0.6) is 0 Å². The minimum absolute atomic E-state index is 0.675. The Morgan fingerprint density at radius 1 is 1.21 bits per heavy atom. The van der Waals surface area contributed by atoms with Crippen molar-refractivity contribution in [3.05, 3.63) is 49.0 Å². The molecule has 0 fully saturated rings. The Bertz CT molecular complexity index is 477. The monoisotopic (exact) mass is 275 g/mol. The van der Waals surface area contributed by atoms with E-state index in [0.717, 1.165) is 5.70 Å². The molecule has 1 atom stereocenters. The summed E-state index contributed by atoms with van der Waals surface area (Å²) in [4.78, 5) is 4.10. The molecule has 0 spiro atoms. The number of hydrogen-bond acceptors (Lipinski definition) is 3. The first-order valence-electron chi connectivity index (χ1n) is 6.56. The van der Waals surface area contributed by atoms with Crippen LogP contribution in [0.1, 0.15) is 5.56 Å². The summed E-state index contributed by atoms with van der Waals surface area (Å²) >= 11 is 0.